The smallest absolute Gasteiger partial charge is 0.251 e. The zero-order valence-corrected chi connectivity index (χ0v) is 12.3. The van der Waals surface area contributed by atoms with Crippen molar-refractivity contribution in [3.8, 4) is 11.5 Å². The molecule has 0 aliphatic carbocycles. The number of methoxy groups -OCH3 is 2. The molecule has 2 amide bonds. The number of nitrogens with one attached hydrogen (secondary N) is 2. The minimum Gasteiger partial charge on any atom is -0.493 e. The Morgan fingerprint density at radius 1 is 1.20 bits per heavy atom. The van der Waals surface area contributed by atoms with Gasteiger partial charge in [-0.1, -0.05) is 11.6 Å². The van der Waals surface area contributed by atoms with E-state index in [1.807, 2.05) is 0 Å². The highest BCUT2D eigenvalue weighted by Gasteiger charge is 2.15. The summed E-state index contributed by atoms with van der Waals surface area (Å²) in [7, 11) is 2.91. The Morgan fingerprint density at radius 3 is 2.45 bits per heavy atom. The lowest BCUT2D eigenvalue weighted by molar-refractivity contribution is -0.120. The molecular formula is C13H17ClN2O4. The lowest BCUT2D eigenvalue weighted by atomic mass is 10.2. The molecular weight excluding hydrogens is 284 g/mol. The number of ether oxygens (including phenoxy) is 2. The molecule has 0 heterocycles. The van der Waals surface area contributed by atoms with Gasteiger partial charge in [-0.05, 0) is 19.1 Å². The van der Waals surface area contributed by atoms with Crippen molar-refractivity contribution in [3.05, 3.63) is 22.7 Å². The molecule has 0 aliphatic rings. The molecule has 0 fully saturated rings. The van der Waals surface area contributed by atoms with Crippen molar-refractivity contribution in [2.24, 2.45) is 0 Å². The first-order valence-electron chi connectivity index (χ1n) is 5.99. The van der Waals surface area contributed by atoms with Crippen LogP contribution in [0.15, 0.2) is 12.1 Å². The van der Waals surface area contributed by atoms with Crippen LogP contribution in [0.2, 0.25) is 5.02 Å². The Balaban J connectivity index is 2.83. The van der Waals surface area contributed by atoms with Gasteiger partial charge < -0.3 is 20.1 Å². The SMILES string of the molecule is CCNC(=O)CNC(=O)c1cc(Cl)c(OC)c(OC)c1. The van der Waals surface area contributed by atoms with E-state index in [0.717, 1.165) is 0 Å². The van der Waals surface area contributed by atoms with Crippen molar-refractivity contribution in [2.45, 2.75) is 6.92 Å². The van der Waals surface area contributed by atoms with E-state index in [2.05, 4.69) is 10.6 Å². The molecule has 2 N–H and O–H groups in total. The van der Waals surface area contributed by atoms with E-state index < -0.39 is 5.91 Å². The second-order valence-electron chi connectivity index (χ2n) is 3.83. The van der Waals surface area contributed by atoms with E-state index in [1.54, 1.807) is 6.92 Å². The van der Waals surface area contributed by atoms with Crippen molar-refractivity contribution < 1.29 is 19.1 Å². The van der Waals surface area contributed by atoms with Gasteiger partial charge in [-0.2, -0.15) is 0 Å². The molecule has 0 atom stereocenters. The highest BCUT2D eigenvalue weighted by molar-refractivity contribution is 6.32. The average molecular weight is 301 g/mol. The highest BCUT2D eigenvalue weighted by Crippen LogP contribution is 2.35. The first kappa shape index (κ1) is 16.1. The largest absolute Gasteiger partial charge is 0.493 e. The standard InChI is InChI=1S/C13H17ClN2O4/c1-4-15-11(17)7-16-13(18)8-5-9(14)12(20-3)10(6-8)19-2/h5-6H,4,7H2,1-3H3,(H,15,17)(H,16,18). The first-order chi connectivity index (χ1) is 9.53. The fraction of sp³-hybridized carbons (Fsp3) is 0.385. The maximum atomic E-state index is 11.9. The fourth-order valence-corrected chi connectivity index (χ4v) is 1.86. The van der Waals surface area contributed by atoms with E-state index in [1.165, 1.54) is 26.4 Å². The molecule has 20 heavy (non-hydrogen) atoms. The number of hydrogen-bond donors (Lipinski definition) is 2. The summed E-state index contributed by atoms with van der Waals surface area (Å²) < 4.78 is 10.2. The van der Waals surface area contributed by atoms with Gasteiger partial charge in [-0.25, -0.2) is 0 Å². The van der Waals surface area contributed by atoms with Gasteiger partial charge in [0.1, 0.15) is 0 Å². The molecule has 0 aliphatic heterocycles. The van der Waals surface area contributed by atoms with Crippen LogP contribution in [0.3, 0.4) is 0 Å². The van der Waals surface area contributed by atoms with Crippen LogP contribution in [0.5, 0.6) is 11.5 Å². The van der Waals surface area contributed by atoms with Crippen LogP contribution in [0.4, 0.5) is 0 Å². The lowest BCUT2D eigenvalue weighted by Gasteiger charge is -2.11. The third-order valence-corrected chi connectivity index (χ3v) is 2.76. The molecule has 0 bridgehead atoms. The summed E-state index contributed by atoms with van der Waals surface area (Å²) in [6, 6.07) is 2.95. The topological polar surface area (TPSA) is 76.7 Å². The normalized spacial score (nSPS) is 9.80. The van der Waals surface area contributed by atoms with Gasteiger partial charge in [0, 0.05) is 12.1 Å². The van der Waals surface area contributed by atoms with E-state index in [0.29, 0.717) is 18.0 Å². The molecule has 110 valence electrons. The van der Waals surface area contributed by atoms with Crippen LogP contribution >= 0.6 is 11.6 Å². The molecule has 0 saturated carbocycles. The number of amides is 2. The van der Waals surface area contributed by atoms with E-state index >= 15 is 0 Å². The van der Waals surface area contributed by atoms with Gasteiger partial charge in [0.05, 0.1) is 25.8 Å². The van der Waals surface area contributed by atoms with E-state index in [-0.39, 0.29) is 23.0 Å². The Hall–Kier alpha value is -1.95. The second kappa shape index (κ2) is 7.59. The van der Waals surface area contributed by atoms with Gasteiger partial charge in [0.2, 0.25) is 5.91 Å². The number of rotatable bonds is 6. The number of benzene rings is 1. The van der Waals surface area contributed by atoms with E-state index in [9.17, 15) is 9.59 Å². The van der Waals surface area contributed by atoms with Crippen LogP contribution in [0.1, 0.15) is 17.3 Å². The maximum absolute atomic E-state index is 11.9. The summed E-state index contributed by atoms with van der Waals surface area (Å²) >= 11 is 6.01. The van der Waals surface area contributed by atoms with Crippen molar-refractivity contribution in [1.82, 2.24) is 10.6 Å². The number of likely N-dealkylation sites (N-methyl/N-ethyl adjacent to an activating group) is 1. The zero-order valence-electron chi connectivity index (χ0n) is 11.6. The quantitative estimate of drug-likeness (QED) is 0.828. The summed E-state index contributed by atoms with van der Waals surface area (Å²) in [5.41, 5.74) is 0.289. The fourth-order valence-electron chi connectivity index (χ4n) is 1.57. The Labute approximate surface area is 122 Å². The second-order valence-corrected chi connectivity index (χ2v) is 4.24. The molecule has 1 rings (SSSR count). The Morgan fingerprint density at radius 2 is 1.90 bits per heavy atom. The monoisotopic (exact) mass is 300 g/mol. The molecule has 0 saturated heterocycles. The Bertz CT molecular complexity index is 505. The minimum atomic E-state index is -0.417. The van der Waals surface area contributed by atoms with Gasteiger partial charge in [0.25, 0.3) is 5.91 Å². The minimum absolute atomic E-state index is 0.0986. The van der Waals surface area contributed by atoms with E-state index in [4.69, 9.17) is 21.1 Å². The lowest BCUT2D eigenvalue weighted by Crippen LogP contribution is -2.36. The molecule has 0 unspecified atom stereocenters. The molecule has 1 aromatic carbocycles. The number of carbonyl (C=O) groups excluding carboxylic acids is 2. The van der Waals surface area contributed by atoms with Crippen molar-refractivity contribution in [1.29, 1.82) is 0 Å². The molecule has 7 heteroatoms. The summed E-state index contributed by atoms with van der Waals surface area (Å²) in [5, 5.41) is 5.33. The average Bonchev–Trinajstić information content (AvgIpc) is 2.44. The van der Waals surface area contributed by atoms with Crippen LogP contribution in [0, 0.1) is 0 Å². The summed E-state index contributed by atoms with van der Waals surface area (Å²) in [6.07, 6.45) is 0. The van der Waals surface area contributed by atoms with Gasteiger partial charge in [-0.3, -0.25) is 9.59 Å². The summed E-state index contributed by atoms with van der Waals surface area (Å²) in [4.78, 5) is 23.2. The van der Waals surface area contributed by atoms with Crippen molar-refractivity contribution >= 4 is 23.4 Å². The van der Waals surface area contributed by atoms with Gasteiger partial charge in [0.15, 0.2) is 11.5 Å². The molecule has 6 nitrogen and oxygen atoms in total. The summed E-state index contributed by atoms with van der Waals surface area (Å²) in [6.45, 7) is 2.21. The molecule has 0 spiro atoms. The van der Waals surface area contributed by atoms with Gasteiger partial charge in [-0.15, -0.1) is 0 Å². The number of halogens is 1. The molecule has 0 radical (unpaired) electrons. The van der Waals surface area contributed by atoms with Crippen LogP contribution in [-0.2, 0) is 4.79 Å². The third kappa shape index (κ3) is 4.03. The highest BCUT2D eigenvalue weighted by atomic mass is 35.5. The first-order valence-corrected chi connectivity index (χ1v) is 6.37. The number of hydrogen-bond acceptors (Lipinski definition) is 4. The van der Waals surface area contributed by atoms with Crippen molar-refractivity contribution in [3.63, 3.8) is 0 Å². The molecule has 1 aromatic rings. The molecule has 0 aromatic heterocycles. The van der Waals surface area contributed by atoms with Gasteiger partial charge >= 0.3 is 0 Å². The predicted molar refractivity (Wildman–Crippen MR) is 75.6 cm³/mol. The summed E-state index contributed by atoms with van der Waals surface area (Å²) in [5.74, 6) is 0.0316. The van der Waals surface area contributed by atoms with Crippen LogP contribution in [-0.4, -0.2) is 39.1 Å². The van der Waals surface area contributed by atoms with Crippen LogP contribution < -0.4 is 20.1 Å². The predicted octanol–water partition coefficient (Wildman–Crippen LogP) is 1.22. The number of carbonyl (C=O) groups is 2. The third-order valence-electron chi connectivity index (χ3n) is 2.48. The zero-order chi connectivity index (χ0) is 15.1. The Kier molecular flexibility index (Phi) is 6.11. The van der Waals surface area contributed by atoms with Crippen LogP contribution in [0.25, 0.3) is 0 Å². The maximum Gasteiger partial charge on any atom is 0.251 e. The van der Waals surface area contributed by atoms with Crippen molar-refractivity contribution in [2.75, 3.05) is 27.3 Å².